The molecule has 1 unspecified atom stereocenters. The molecule has 0 saturated carbocycles. The second-order valence-corrected chi connectivity index (χ2v) is 3.84. The maximum Gasteiger partial charge on any atom is 0.218 e. The standard InChI is InChI=1S/C10H18N2O2/c1-2-8-7-12(5-3-9(8)13)6-4-10(11)14/h8H,2-7H2,1H3,(H2,11,14). The smallest absolute Gasteiger partial charge is 0.218 e. The largest absolute Gasteiger partial charge is 0.370 e. The minimum absolute atomic E-state index is 0.164. The fourth-order valence-electron chi connectivity index (χ4n) is 1.81. The third-order valence-corrected chi connectivity index (χ3v) is 2.78. The lowest BCUT2D eigenvalue weighted by Gasteiger charge is -2.30. The lowest BCUT2D eigenvalue weighted by molar-refractivity contribution is -0.126. The van der Waals surface area contributed by atoms with Crippen LogP contribution in [0, 0.1) is 5.92 Å². The maximum atomic E-state index is 11.4. The van der Waals surface area contributed by atoms with E-state index in [1.165, 1.54) is 0 Å². The molecular formula is C10H18N2O2. The van der Waals surface area contributed by atoms with Crippen molar-refractivity contribution in [2.45, 2.75) is 26.2 Å². The van der Waals surface area contributed by atoms with Gasteiger partial charge in [0.15, 0.2) is 0 Å². The van der Waals surface area contributed by atoms with Gasteiger partial charge in [-0.15, -0.1) is 0 Å². The SMILES string of the molecule is CCC1CN(CCC(N)=O)CCC1=O. The molecule has 1 saturated heterocycles. The second-order valence-electron chi connectivity index (χ2n) is 3.84. The summed E-state index contributed by atoms with van der Waals surface area (Å²) in [4.78, 5) is 24.1. The number of hydrogen-bond donors (Lipinski definition) is 1. The van der Waals surface area contributed by atoms with Crippen molar-refractivity contribution in [3.8, 4) is 0 Å². The van der Waals surface area contributed by atoms with Crippen molar-refractivity contribution >= 4 is 11.7 Å². The first kappa shape index (κ1) is 11.2. The lowest BCUT2D eigenvalue weighted by atomic mass is 9.94. The van der Waals surface area contributed by atoms with Crippen molar-refractivity contribution in [2.24, 2.45) is 11.7 Å². The molecule has 1 heterocycles. The molecule has 1 aliphatic heterocycles. The van der Waals surface area contributed by atoms with E-state index in [1.54, 1.807) is 0 Å². The topological polar surface area (TPSA) is 63.4 Å². The normalized spacial score (nSPS) is 23.8. The number of rotatable bonds is 4. The van der Waals surface area contributed by atoms with E-state index in [4.69, 9.17) is 5.73 Å². The predicted octanol–water partition coefficient (Wildman–Crippen LogP) is 0.163. The Hall–Kier alpha value is -0.900. The third kappa shape index (κ3) is 3.10. The molecule has 80 valence electrons. The average molecular weight is 198 g/mol. The van der Waals surface area contributed by atoms with E-state index in [0.29, 0.717) is 25.2 Å². The number of amides is 1. The van der Waals surface area contributed by atoms with E-state index in [-0.39, 0.29) is 11.8 Å². The van der Waals surface area contributed by atoms with Gasteiger partial charge in [-0.1, -0.05) is 6.92 Å². The van der Waals surface area contributed by atoms with E-state index in [2.05, 4.69) is 4.90 Å². The molecule has 2 N–H and O–H groups in total. The van der Waals surface area contributed by atoms with Gasteiger partial charge in [-0.05, 0) is 6.42 Å². The highest BCUT2D eigenvalue weighted by molar-refractivity contribution is 5.82. The second kappa shape index (κ2) is 5.10. The van der Waals surface area contributed by atoms with Crippen molar-refractivity contribution in [3.05, 3.63) is 0 Å². The summed E-state index contributed by atoms with van der Waals surface area (Å²) in [7, 11) is 0. The van der Waals surface area contributed by atoms with Crippen LogP contribution < -0.4 is 5.73 Å². The van der Waals surface area contributed by atoms with Crippen molar-refractivity contribution in [1.82, 2.24) is 4.90 Å². The molecule has 1 fully saturated rings. The molecule has 0 aliphatic carbocycles. The van der Waals surface area contributed by atoms with Crippen LogP contribution >= 0.6 is 0 Å². The monoisotopic (exact) mass is 198 g/mol. The number of piperidine rings is 1. The number of Topliss-reactive ketones (excluding diaryl/α,β-unsaturated/α-hetero) is 1. The maximum absolute atomic E-state index is 11.4. The van der Waals surface area contributed by atoms with Crippen LogP contribution in [0.15, 0.2) is 0 Å². The van der Waals surface area contributed by atoms with Crippen LogP contribution in [0.5, 0.6) is 0 Å². The zero-order valence-corrected chi connectivity index (χ0v) is 8.66. The van der Waals surface area contributed by atoms with E-state index in [1.807, 2.05) is 6.92 Å². The Balaban J connectivity index is 2.34. The van der Waals surface area contributed by atoms with Gasteiger partial charge in [0.2, 0.25) is 5.91 Å². The number of likely N-dealkylation sites (tertiary alicyclic amines) is 1. The van der Waals surface area contributed by atoms with Gasteiger partial charge in [0, 0.05) is 38.4 Å². The summed E-state index contributed by atoms with van der Waals surface area (Å²) in [5.74, 6) is 0.259. The highest BCUT2D eigenvalue weighted by Crippen LogP contribution is 2.15. The summed E-state index contributed by atoms with van der Waals surface area (Å²) >= 11 is 0. The van der Waals surface area contributed by atoms with Crippen LogP contribution in [0.4, 0.5) is 0 Å². The van der Waals surface area contributed by atoms with Gasteiger partial charge in [-0.25, -0.2) is 0 Å². The van der Waals surface area contributed by atoms with Gasteiger partial charge in [0.25, 0.3) is 0 Å². The first-order chi connectivity index (χ1) is 6.63. The Morgan fingerprint density at radius 3 is 2.93 bits per heavy atom. The molecule has 14 heavy (non-hydrogen) atoms. The van der Waals surface area contributed by atoms with Crippen LogP contribution in [-0.2, 0) is 9.59 Å². The predicted molar refractivity (Wildman–Crippen MR) is 53.7 cm³/mol. The highest BCUT2D eigenvalue weighted by atomic mass is 16.1. The zero-order valence-electron chi connectivity index (χ0n) is 8.66. The molecule has 4 heteroatoms. The fourth-order valence-corrected chi connectivity index (χ4v) is 1.81. The first-order valence-corrected chi connectivity index (χ1v) is 5.16. The number of hydrogen-bond acceptors (Lipinski definition) is 3. The van der Waals surface area contributed by atoms with Gasteiger partial charge in [0.05, 0.1) is 0 Å². The van der Waals surface area contributed by atoms with Crippen LogP contribution in [0.1, 0.15) is 26.2 Å². The number of nitrogens with two attached hydrogens (primary N) is 1. The summed E-state index contributed by atoms with van der Waals surface area (Å²) in [6, 6.07) is 0. The van der Waals surface area contributed by atoms with Crippen molar-refractivity contribution in [2.75, 3.05) is 19.6 Å². The van der Waals surface area contributed by atoms with Crippen molar-refractivity contribution < 1.29 is 9.59 Å². The van der Waals surface area contributed by atoms with Gasteiger partial charge in [-0.3, -0.25) is 9.59 Å². The van der Waals surface area contributed by atoms with Crippen molar-refractivity contribution in [1.29, 1.82) is 0 Å². The summed E-state index contributed by atoms with van der Waals surface area (Å²) in [6.45, 7) is 4.30. The van der Waals surface area contributed by atoms with E-state index in [9.17, 15) is 9.59 Å². The van der Waals surface area contributed by atoms with Crippen LogP contribution in [0.2, 0.25) is 0 Å². The molecule has 0 radical (unpaired) electrons. The van der Waals surface area contributed by atoms with Gasteiger partial charge >= 0.3 is 0 Å². The highest BCUT2D eigenvalue weighted by Gasteiger charge is 2.25. The summed E-state index contributed by atoms with van der Waals surface area (Å²) < 4.78 is 0. The van der Waals surface area contributed by atoms with E-state index >= 15 is 0 Å². The van der Waals surface area contributed by atoms with Crippen molar-refractivity contribution in [3.63, 3.8) is 0 Å². The molecule has 0 bridgehead atoms. The van der Waals surface area contributed by atoms with Gasteiger partial charge in [0.1, 0.15) is 5.78 Å². The molecule has 1 atom stereocenters. The number of nitrogens with zero attached hydrogens (tertiary/aromatic N) is 1. The van der Waals surface area contributed by atoms with E-state index < -0.39 is 0 Å². The molecule has 0 aromatic heterocycles. The van der Waals surface area contributed by atoms with Crippen LogP contribution in [0.25, 0.3) is 0 Å². The molecule has 4 nitrogen and oxygen atoms in total. The average Bonchev–Trinajstić information content (AvgIpc) is 2.16. The number of ketones is 1. The van der Waals surface area contributed by atoms with Gasteiger partial charge < -0.3 is 10.6 Å². The molecule has 0 aromatic rings. The number of carbonyl (C=O) groups excluding carboxylic acids is 2. The van der Waals surface area contributed by atoms with Crippen LogP contribution in [0.3, 0.4) is 0 Å². The van der Waals surface area contributed by atoms with Crippen LogP contribution in [-0.4, -0.2) is 36.2 Å². The molecule has 1 aliphatic rings. The molecular weight excluding hydrogens is 180 g/mol. The number of carbonyl (C=O) groups is 2. The summed E-state index contributed by atoms with van der Waals surface area (Å²) in [5.41, 5.74) is 5.07. The molecule has 0 aromatic carbocycles. The summed E-state index contributed by atoms with van der Waals surface area (Å²) in [5, 5.41) is 0. The Kier molecular flexibility index (Phi) is 4.07. The Morgan fingerprint density at radius 1 is 1.64 bits per heavy atom. The number of primary amides is 1. The van der Waals surface area contributed by atoms with E-state index in [0.717, 1.165) is 19.5 Å². The summed E-state index contributed by atoms with van der Waals surface area (Å²) in [6.07, 6.45) is 1.91. The first-order valence-electron chi connectivity index (χ1n) is 5.16. The fraction of sp³-hybridized carbons (Fsp3) is 0.800. The Labute approximate surface area is 84.4 Å². The third-order valence-electron chi connectivity index (χ3n) is 2.78. The zero-order chi connectivity index (χ0) is 10.6. The Bertz CT molecular complexity index is 228. The Morgan fingerprint density at radius 2 is 2.36 bits per heavy atom. The minimum atomic E-state index is -0.269. The molecule has 1 amide bonds. The minimum Gasteiger partial charge on any atom is -0.370 e. The lowest BCUT2D eigenvalue weighted by Crippen LogP contribution is -2.41. The van der Waals surface area contributed by atoms with Gasteiger partial charge in [-0.2, -0.15) is 0 Å². The quantitative estimate of drug-likeness (QED) is 0.700. The molecule has 1 rings (SSSR count). The molecule has 0 spiro atoms.